The summed E-state index contributed by atoms with van der Waals surface area (Å²) in [5.74, 6) is 3.21. The molecule has 28 heavy (non-hydrogen) atoms. The standard InChI is InChI=1S/C19H16BrN5O2S/c1-12-22-17(25-27-12)8-7-14-11-28-19(23-14)24-18-16(9-13(20)10-21-18)26-15-5-3-2-4-6-15/h2-6,9-11H,7-8H2,1H3,(H,21,23,24). The molecule has 0 fully saturated rings. The maximum atomic E-state index is 5.97. The van der Waals surface area contributed by atoms with Gasteiger partial charge in [0.25, 0.3) is 0 Å². The molecule has 0 radical (unpaired) electrons. The second-order valence-corrected chi connectivity index (χ2v) is 7.69. The van der Waals surface area contributed by atoms with E-state index in [2.05, 4.69) is 41.4 Å². The Balaban J connectivity index is 1.46. The molecule has 0 spiro atoms. The highest BCUT2D eigenvalue weighted by molar-refractivity contribution is 9.10. The van der Waals surface area contributed by atoms with Gasteiger partial charge in [0.1, 0.15) is 5.75 Å². The van der Waals surface area contributed by atoms with Crippen LogP contribution in [0.15, 0.2) is 57.0 Å². The zero-order valence-electron chi connectivity index (χ0n) is 14.9. The highest BCUT2D eigenvalue weighted by atomic mass is 79.9. The SMILES string of the molecule is Cc1nc(CCc2csc(Nc3ncc(Br)cc3Oc3ccccc3)n2)no1. The molecule has 4 aromatic rings. The first-order chi connectivity index (χ1) is 13.7. The molecule has 4 rings (SSSR count). The fourth-order valence-corrected chi connectivity index (χ4v) is 3.53. The van der Waals surface area contributed by atoms with Crippen LogP contribution >= 0.6 is 27.3 Å². The van der Waals surface area contributed by atoms with E-state index in [1.807, 2.05) is 41.8 Å². The van der Waals surface area contributed by atoms with E-state index in [4.69, 9.17) is 9.26 Å². The zero-order valence-corrected chi connectivity index (χ0v) is 17.3. The van der Waals surface area contributed by atoms with E-state index in [1.165, 1.54) is 11.3 Å². The van der Waals surface area contributed by atoms with Crippen LogP contribution in [0, 0.1) is 6.92 Å². The smallest absolute Gasteiger partial charge is 0.223 e. The lowest BCUT2D eigenvalue weighted by atomic mass is 10.2. The predicted molar refractivity (Wildman–Crippen MR) is 110 cm³/mol. The number of para-hydroxylation sites is 1. The van der Waals surface area contributed by atoms with Crippen LogP contribution in [0.3, 0.4) is 0 Å². The number of rotatable bonds is 7. The average molecular weight is 458 g/mol. The number of aryl methyl sites for hydroxylation is 3. The van der Waals surface area contributed by atoms with Gasteiger partial charge in [-0.15, -0.1) is 11.3 Å². The van der Waals surface area contributed by atoms with Crippen molar-refractivity contribution in [3.8, 4) is 11.5 Å². The topological polar surface area (TPSA) is 86.0 Å². The van der Waals surface area contributed by atoms with Gasteiger partial charge >= 0.3 is 0 Å². The fraction of sp³-hybridized carbons (Fsp3) is 0.158. The van der Waals surface area contributed by atoms with Gasteiger partial charge in [-0.3, -0.25) is 0 Å². The Morgan fingerprint density at radius 2 is 2.04 bits per heavy atom. The van der Waals surface area contributed by atoms with Crippen LogP contribution in [-0.2, 0) is 12.8 Å². The molecule has 0 atom stereocenters. The molecule has 9 heteroatoms. The summed E-state index contributed by atoms with van der Waals surface area (Å²) in [5, 5.41) is 9.90. The quantitative estimate of drug-likeness (QED) is 0.402. The summed E-state index contributed by atoms with van der Waals surface area (Å²) >= 11 is 4.95. The summed E-state index contributed by atoms with van der Waals surface area (Å²) in [6.45, 7) is 1.78. The zero-order chi connectivity index (χ0) is 19.3. The van der Waals surface area contributed by atoms with Gasteiger partial charge in [-0.1, -0.05) is 23.4 Å². The van der Waals surface area contributed by atoms with Crippen molar-refractivity contribution < 1.29 is 9.26 Å². The molecule has 0 aliphatic carbocycles. The van der Waals surface area contributed by atoms with Crippen molar-refractivity contribution in [1.29, 1.82) is 0 Å². The second kappa shape index (κ2) is 8.49. The summed E-state index contributed by atoms with van der Waals surface area (Å²) < 4.78 is 11.8. The van der Waals surface area contributed by atoms with Crippen molar-refractivity contribution in [3.63, 3.8) is 0 Å². The van der Waals surface area contributed by atoms with E-state index < -0.39 is 0 Å². The number of thiazole rings is 1. The first-order valence-electron chi connectivity index (χ1n) is 8.55. The van der Waals surface area contributed by atoms with Crippen molar-refractivity contribution in [2.24, 2.45) is 0 Å². The van der Waals surface area contributed by atoms with Crippen molar-refractivity contribution in [3.05, 3.63) is 69.9 Å². The third-order valence-electron chi connectivity index (χ3n) is 3.74. The lowest BCUT2D eigenvalue weighted by Gasteiger charge is -2.11. The maximum Gasteiger partial charge on any atom is 0.223 e. The number of nitrogens with zero attached hydrogens (tertiary/aromatic N) is 4. The molecular weight excluding hydrogens is 442 g/mol. The van der Waals surface area contributed by atoms with E-state index in [-0.39, 0.29) is 0 Å². The summed E-state index contributed by atoms with van der Waals surface area (Å²) in [5.41, 5.74) is 0.956. The number of ether oxygens (including phenoxy) is 1. The Morgan fingerprint density at radius 3 is 2.82 bits per heavy atom. The molecule has 1 N–H and O–H groups in total. The minimum absolute atomic E-state index is 0.572. The normalized spacial score (nSPS) is 10.8. The van der Waals surface area contributed by atoms with Gasteiger partial charge in [0.2, 0.25) is 5.89 Å². The van der Waals surface area contributed by atoms with E-state index in [1.54, 1.807) is 13.1 Å². The minimum Gasteiger partial charge on any atom is -0.453 e. The number of hydrogen-bond acceptors (Lipinski definition) is 8. The highest BCUT2D eigenvalue weighted by Gasteiger charge is 2.11. The molecule has 0 bridgehead atoms. The molecule has 0 saturated carbocycles. The van der Waals surface area contributed by atoms with E-state index in [0.29, 0.717) is 29.7 Å². The predicted octanol–water partition coefficient (Wildman–Crippen LogP) is 5.31. The van der Waals surface area contributed by atoms with Gasteiger partial charge < -0.3 is 14.6 Å². The number of aromatic nitrogens is 4. The highest BCUT2D eigenvalue weighted by Crippen LogP contribution is 2.33. The first kappa shape index (κ1) is 18.6. The molecular formula is C19H16BrN5O2S. The molecule has 1 aromatic carbocycles. The van der Waals surface area contributed by atoms with Crippen LogP contribution in [0.5, 0.6) is 11.5 Å². The summed E-state index contributed by atoms with van der Waals surface area (Å²) in [6, 6.07) is 11.4. The molecule has 0 amide bonds. The third kappa shape index (κ3) is 4.73. The number of nitrogens with one attached hydrogen (secondary N) is 1. The van der Waals surface area contributed by atoms with Crippen molar-refractivity contribution in [2.45, 2.75) is 19.8 Å². The molecule has 0 saturated heterocycles. The van der Waals surface area contributed by atoms with Crippen molar-refractivity contribution in [1.82, 2.24) is 20.1 Å². The van der Waals surface area contributed by atoms with Gasteiger partial charge in [0.15, 0.2) is 22.5 Å². The molecule has 0 aliphatic heterocycles. The summed E-state index contributed by atoms with van der Waals surface area (Å²) in [7, 11) is 0. The van der Waals surface area contributed by atoms with Gasteiger partial charge in [0.05, 0.1) is 5.69 Å². The van der Waals surface area contributed by atoms with Crippen molar-refractivity contribution >= 4 is 38.2 Å². The Hall–Kier alpha value is -2.78. The van der Waals surface area contributed by atoms with Crippen LogP contribution in [0.4, 0.5) is 10.9 Å². The Labute approximate surface area is 173 Å². The number of pyridine rings is 1. The maximum absolute atomic E-state index is 5.97. The second-order valence-electron chi connectivity index (χ2n) is 5.91. The fourth-order valence-electron chi connectivity index (χ4n) is 2.47. The molecule has 142 valence electrons. The molecule has 0 unspecified atom stereocenters. The summed E-state index contributed by atoms with van der Waals surface area (Å²) in [4.78, 5) is 13.2. The number of anilines is 2. The Morgan fingerprint density at radius 1 is 1.18 bits per heavy atom. The van der Waals surface area contributed by atoms with Gasteiger partial charge in [-0.05, 0) is 34.5 Å². The molecule has 7 nitrogen and oxygen atoms in total. The monoisotopic (exact) mass is 457 g/mol. The lowest BCUT2D eigenvalue weighted by molar-refractivity contribution is 0.387. The van der Waals surface area contributed by atoms with E-state index in [9.17, 15) is 0 Å². The van der Waals surface area contributed by atoms with E-state index >= 15 is 0 Å². The summed E-state index contributed by atoms with van der Waals surface area (Å²) in [6.07, 6.45) is 3.13. The average Bonchev–Trinajstić information content (AvgIpc) is 3.32. The van der Waals surface area contributed by atoms with Gasteiger partial charge in [-0.25, -0.2) is 9.97 Å². The number of halogens is 1. The van der Waals surface area contributed by atoms with Gasteiger partial charge in [0, 0.05) is 35.5 Å². The van der Waals surface area contributed by atoms with Crippen LogP contribution in [0.25, 0.3) is 0 Å². The Kier molecular flexibility index (Phi) is 5.63. The van der Waals surface area contributed by atoms with Crippen LogP contribution in [0.1, 0.15) is 17.4 Å². The minimum atomic E-state index is 0.572. The van der Waals surface area contributed by atoms with Crippen molar-refractivity contribution in [2.75, 3.05) is 5.32 Å². The van der Waals surface area contributed by atoms with E-state index in [0.717, 1.165) is 27.5 Å². The largest absolute Gasteiger partial charge is 0.453 e. The van der Waals surface area contributed by atoms with Crippen LogP contribution in [-0.4, -0.2) is 20.1 Å². The van der Waals surface area contributed by atoms with Crippen LogP contribution in [0.2, 0.25) is 0 Å². The third-order valence-corrected chi connectivity index (χ3v) is 4.98. The number of hydrogen-bond donors (Lipinski definition) is 1. The molecule has 3 aromatic heterocycles. The first-order valence-corrected chi connectivity index (χ1v) is 10.2. The Bertz CT molecular complexity index is 1070. The molecule has 0 aliphatic rings. The van der Waals surface area contributed by atoms with Crippen LogP contribution < -0.4 is 10.1 Å². The molecule has 3 heterocycles. The lowest BCUT2D eigenvalue weighted by Crippen LogP contribution is -1.98. The van der Waals surface area contributed by atoms with Gasteiger partial charge in [-0.2, -0.15) is 4.98 Å². The number of benzene rings is 1.